The summed E-state index contributed by atoms with van der Waals surface area (Å²) in [6.45, 7) is 0.115. The lowest BCUT2D eigenvalue weighted by Crippen LogP contribution is -2.19. The van der Waals surface area contributed by atoms with Gasteiger partial charge in [0.1, 0.15) is 12.1 Å². The number of amides is 1. The highest BCUT2D eigenvalue weighted by Crippen LogP contribution is 2.26. The van der Waals surface area contributed by atoms with Crippen molar-refractivity contribution < 1.29 is 4.79 Å². The van der Waals surface area contributed by atoms with Crippen molar-refractivity contribution in [2.45, 2.75) is 16.6 Å². The van der Waals surface area contributed by atoms with E-state index in [9.17, 15) is 4.79 Å². The van der Waals surface area contributed by atoms with Crippen LogP contribution in [0.4, 0.5) is 5.69 Å². The fourth-order valence-corrected chi connectivity index (χ4v) is 3.33. The summed E-state index contributed by atoms with van der Waals surface area (Å²) >= 11 is 1.57. The number of para-hydroxylation sites is 1. The number of aromatic nitrogens is 5. The number of rotatable bonds is 5. The lowest BCUT2D eigenvalue weighted by Gasteiger charge is -2.07. The number of hydrogen-bond donors (Lipinski definition) is 1. The molecule has 4 aromatic rings. The molecule has 2 heterocycles. The van der Waals surface area contributed by atoms with Crippen molar-refractivity contribution in [1.29, 1.82) is 0 Å². The molecule has 1 amide bonds. The summed E-state index contributed by atoms with van der Waals surface area (Å²) in [7, 11) is 1.96. The first-order valence-corrected chi connectivity index (χ1v) is 8.84. The molecule has 4 rings (SSSR count). The van der Waals surface area contributed by atoms with E-state index in [-0.39, 0.29) is 12.5 Å². The van der Waals surface area contributed by atoms with Crippen LogP contribution in [0.1, 0.15) is 0 Å². The molecule has 2 aromatic carbocycles. The van der Waals surface area contributed by atoms with Gasteiger partial charge in [-0.05, 0) is 36.4 Å². The normalized spacial score (nSPS) is 11.0. The molecule has 0 spiro atoms. The van der Waals surface area contributed by atoms with Crippen molar-refractivity contribution in [2.24, 2.45) is 7.05 Å². The molecule has 0 radical (unpaired) electrons. The largest absolute Gasteiger partial charge is 0.329 e. The van der Waals surface area contributed by atoms with E-state index in [0.29, 0.717) is 0 Å². The van der Waals surface area contributed by atoms with Crippen molar-refractivity contribution in [2.75, 3.05) is 5.32 Å². The first-order valence-electron chi connectivity index (χ1n) is 8.02. The number of aryl methyl sites for hydroxylation is 1. The predicted octanol–water partition coefficient (Wildman–Crippen LogP) is 2.95. The van der Waals surface area contributed by atoms with Crippen molar-refractivity contribution in [3.63, 3.8) is 0 Å². The minimum Gasteiger partial charge on any atom is -0.329 e. The Kier molecular flexibility index (Phi) is 4.40. The summed E-state index contributed by atoms with van der Waals surface area (Å²) in [6.07, 6.45) is 3.68. The Balaban J connectivity index is 1.40. The van der Waals surface area contributed by atoms with Crippen LogP contribution in [0.25, 0.3) is 11.0 Å². The van der Waals surface area contributed by atoms with Gasteiger partial charge in [-0.25, -0.2) is 9.67 Å². The summed E-state index contributed by atoms with van der Waals surface area (Å²) in [4.78, 5) is 17.6. The SMILES string of the molecule is Cn1ccnc1Sc1ccc(NC(=O)Cn2nnc3ccccc32)cc1. The maximum absolute atomic E-state index is 12.3. The van der Waals surface area contributed by atoms with Gasteiger partial charge in [0.15, 0.2) is 5.16 Å². The first kappa shape index (κ1) is 16.3. The second-order valence-corrected chi connectivity index (χ2v) is 6.77. The molecule has 2 aromatic heterocycles. The molecule has 0 aliphatic rings. The number of hydrogen-bond acceptors (Lipinski definition) is 5. The van der Waals surface area contributed by atoms with E-state index in [1.165, 1.54) is 0 Å². The maximum Gasteiger partial charge on any atom is 0.246 e. The van der Waals surface area contributed by atoms with Gasteiger partial charge in [0.2, 0.25) is 5.91 Å². The van der Waals surface area contributed by atoms with Crippen LogP contribution in [0.5, 0.6) is 0 Å². The summed E-state index contributed by atoms with van der Waals surface area (Å²) in [6, 6.07) is 15.2. The lowest BCUT2D eigenvalue weighted by atomic mass is 10.3. The van der Waals surface area contributed by atoms with Crippen LogP contribution in [-0.4, -0.2) is 30.5 Å². The van der Waals surface area contributed by atoms with E-state index in [4.69, 9.17) is 0 Å². The van der Waals surface area contributed by atoms with Crippen molar-refractivity contribution in [3.8, 4) is 0 Å². The van der Waals surface area contributed by atoms with Crippen LogP contribution in [-0.2, 0) is 18.4 Å². The molecule has 130 valence electrons. The number of benzene rings is 2. The molecule has 1 N–H and O–H groups in total. The summed E-state index contributed by atoms with van der Waals surface area (Å²) in [5.74, 6) is -0.148. The molecule has 26 heavy (non-hydrogen) atoms. The number of anilines is 1. The van der Waals surface area contributed by atoms with E-state index in [1.807, 2.05) is 66.3 Å². The van der Waals surface area contributed by atoms with Crippen LogP contribution in [0.3, 0.4) is 0 Å². The highest BCUT2D eigenvalue weighted by molar-refractivity contribution is 7.99. The average Bonchev–Trinajstić information content (AvgIpc) is 3.23. The molecule has 0 saturated heterocycles. The van der Waals surface area contributed by atoms with Gasteiger partial charge in [-0.3, -0.25) is 4.79 Å². The van der Waals surface area contributed by atoms with Crippen molar-refractivity contribution in [1.82, 2.24) is 24.5 Å². The van der Waals surface area contributed by atoms with E-state index >= 15 is 0 Å². The molecule has 0 aliphatic heterocycles. The van der Waals surface area contributed by atoms with Gasteiger partial charge in [0.05, 0.1) is 5.52 Å². The van der Waals surface area contributed by atoms with Crippen LogP contribution in [0.2, 0.25) is 0 Å². The van der Waals surface area contributed by atoms with Crippen LogP contribution in [0, 0.1) is 0 Å². The molecule has 0 bridgehead atoms. The molecule has 8 heteroatoms. The summed E-state index contributed by atoms with van der Waals surface area (Å²) in [5.41, 5.74) is 2.35. The standard InChI is InChI=1S/C18H16N6OS/c1-23-11-10-19-18(23)26-14-8-6-13(7-9-14)20-17(25)12-24-16-5-3-2-4-15(16)21-22-24/h2-11H,12H2,1H3,(H,20,25). The Morgan fingerprint density at radius 2 is 1.96 bits per heavy atom. The Bertz CT molecular complexity index is 1050. The molecule has 0 aliphatic carbocycles. The number of carbonyl (C=O) groups is 1. The Hall–Kier alpha value is -3.13. The number of fused-ring (bicyclic) bond motifs is 1. The Morgan fingerprint density at radius 1 is 1.15 bits per heavy atom. The maximum atomic E-state index is 12.3. The van der Waals surface area contributed by atoms with Gasteiger partial charge in [-0.2, -0.15) is 0 Å². The Morgan fingerprint density at radius 3 is 2.73 bits per heavy atom. The van der Waals surface area contributed by atoms with Gasteiger partial charge < -0.3 is 9.88 Å². The molecule has 0 unspecified atom stereocenters. The van der Waals surface area contributed by atoms with Gasteiger partial charge in [-0.1, -0.05) is 29.1 Å². The van der Waals surface area contributed by atoms with Crippen molar-refractivity contribution in [3.05, 3.63) is 60.9 Å². The van der Waals surface area contributed by atoms with Crippen LogP contribution < -0.4 is 5.32 Å². The van der Waals surface area contributed by atoms with E-state index in [2.05, 4.69) is 20.6 Å². The first-order chi connectivity index (χ1) is 12.7. The van der Waals surface area contributed by atoms with E-state index in [1.54, 1.807) is 22.6 Å². The van der Waals surface area contributed by atoms with Crippen LogP contribution >= 0.6 is 11.8 Å². The van der Waals surface area contributed by atoms with Crippen LogP contribution in [0.15, 0.2) is 71.0 Å². The highest BCUT2D eigenvalue weighted by Gasteiger charge is 2.09. The van der Waals surface area contributed by atoms with Gasteiger partial charge in [-0.15, -0.1) is 5.10 Å². The minimum absolute atomic E-state index is 0.115. The Labute approximate surface area is 154 Å². The fraction of sp³-hybridized carbons (Fsp3) is 0.111. The molecular formula is C18H16N6OS. The van der Waals surface area contributed by atoms with Gasteiger partial charge in [0.25, 0.3) is 0 Å². The monoisotopic (exact) mass is 364 g/mol. The van der Waals surface area contributed by atoms with Gasteiger partial charge >= 0.3 is 0 Å². The van der Waals surface area contributed by atoms with Gasteiger partial charge in [0, 0.05) is 30.0 Å². The molecule has 0 saturated carbocycles. The lowest BCUT2D eigenvalue weighted by molar-refractivity contribution is -0.116. The minimum atomic E-state index is -0.148. The predicted molar refractivity (Wildman–Crippen MR) is 99.9 cm³/mol. The molecule has 7 nitrogen and oxygen atoms in total. The third-order valence-electron chi connectivity index (χ3n) is 3.84. The number of nitrogens with zero attached hydrogens (tertiary/aromatic N) is 5. The fourth-order valence-electron chi connectivity index (χ4n) is 2.53. The number of carbonyl (C=O) groups excluding carboxylic acids is 1. The zero-order chi connectivity index (χ0) is 17.9. The summed E-state index contributed by atoms with van der Waals surface area (Å²) < 4.78 is 3.55. The quantitative estimate of drug-likeness (QED) is 0.589. The zero-order valence-electron chi connectivity index (χ0n) is 14.0. The van der Waals surface area contributed by atoms with Crippen molar-refractivity contribution >= 4 is 34.4 Å². The zero-order valence-corrected chi connectivity index (χ0v) is 14.8. The number of imidazole rings is 1. The second kappa shape index (κ2) is 7.01. The smallest absolute Gasteiger partial charge is 0.246 e. The highest BCUT2D eigenvalue weighted by atomic mass is 32.2. The summed E-state index contributed by atoms with van der Waals surface area (Å²) in [5, 5.41) is 11.9. The average molecular weight is 364 g/mol. The molecule has 0 fully saturated rings. The van der Waals surface area contributed by atoms with E-state index < -0.39 is 0 Å². The third kappa shape index (κ3) is 3.45. The molecule has 0 atom stereocenters. The topological polar surface area (TPSA) is 77.6 Å². The number of nitrogens with one attached hydrogen (secondary N) is 1. The third-order valence-corrected chi connectivity index (χ3v) is 4.92. The van der Waals surface area contributed by atoms with E-state index in [0.717, 1.165) is 26.8 Å². The molecular weight excluding hydrogens is 348 g/mol. The second-order valence-electron chi connectivity index (χ2n) is 5.73.